The van der Waals surface area contributed by atoms with Crippen molar-refractivity contribution in [2.24, 2.45) is 0 Å². The summed E-state index contributed by atoms with van der Waals surface area (Å²) < 4.78 is 4.62. The highest BCUT2D eigenvalue weighted by atomic mass is 16.5. The van der Waals surface area contributed by atoms with E-state index >= 15 is 0 Å². The molecule has 1 amide bonds. The van der Waals surface area contributed by atoms with E-state index in [0.717, 1.165) is 11.3 Å². The molecular formula is C9H13N3O4. The van der Waals surface area contributed by atoms with Gasteiger partial charge < -0.3 is 15.2 Å². The molecule has 88 valence electrons. The van der Waals surface area contributed by atoms with E-state index in [1.807, 2.05) is 6.92 Å². The van der Waals surface area contributed by atoms with E-state index in [-0.39, 0.29) is 12.5 Å². The first-order valence-corrected chi connectivity index (χ1v) is 4.64. The van der Waals surface area contributed by atoms with Gasteiger partial charge in [-0.2, -0.15) is 5.10 Å². The number of carboxylic acid groups (broad SMARTS) is 1. The van der Waals surface area contributed by atoms with Crippen LogP contribution < -0.4 is 5.32 Å². The number of ether oxygens (including phenoxy) is 1. The van der Waals surface area contributed by atoms with Crippen molar-refractivity contribution in [2.45, 2.75) is 13.5 Å². The van der Waals surface area contributed by atoms with Crippen LogP contribution in [-0.4, -0.2) is 40.4 Å². The van der Waals surface area contributed by atoms with Gasteiger partial charge >= 0.3 is 5.97 Å². The van der Waals surface area contributed by atoms with Crippen LogP contribution in [0.5, 0.6) is 0 Å². The summed E-state index contributed by atoms with van der Waals surface area (Å²) in [6, 6.07) is 0. The number of carboxylic acids is 1. The molecule has 1 aromatic heterocycles. The minimum Gasteiger partial charge on any atom is -0.480 e. The summed E-state index contributed by atoms with van der Waals surface area (Å²) in [4.78, 5) is 21.3. The fraction of sp³-hybridized carbons (Fsp3) is 0.444. The second-order valence-corrected chi connectivity index (χ2v) is 3.18. The first-order chi connectivity index (χ1) is 7.59. The summed E-state index contributed by atoms with van der Waals surface area (Å²) in [5.74, 6) is -1.46. The van der Waals surface area contributed by atoms with Crippen molar-refractivity contribution < 1.29 is 19.4 Å². The normalized spacial score (nSPS) is 10.1. The highest BCUT2D eigenvalue weighted by Gasteiger charge is 2.05. The Morgan fingerprint density at radius 1 is 1.56 bits per heavy atom. The average Bonchev–Trinajstić information content (AvgIpc) is 2.60. The molecule has 0 aliphatic carbocycles. The Hall–Kier alpha value is -1.89. The predicted molar refractivity (Wildman–Crippen MR) is 53.6 cm³/mol. The van der Waals surface area contributed by atoms with Crippen LogP contribution in [0.15, 0.2) is 6.20 Å². The van der Waals surface area contributed by atoms with Gasteiger partial charge in [-0.1, -0.05) is 0 Å². The number of rotatable bonds is 6. The van der Waals surface area contributed by atoms with Crippen molar-refractivity contribution in [1.82, 2.24) is 15.5 Å². The molecule has 1 rings (SSSR count). The fourth-order valence-corrected chi connectivity index (χ4v) is 1.03. The zero-order valence-electron chi connectivity index (χ0n) is 8.82. The first kappa shape index (κ1) is 12.2. The SMILES string of the molecule is Cc1[nH]ncc1CNC(=O)COCC(=O)O. The number of nitrogens with zero attached hydrogens (tertiary/aromatic N) is 1. The number of amides is 1. The lowest BCUT2D eigenvalue weighted by molar-refractivity contribution is -0.143. The summed E-state index contributed by atoms with van der Waals surface area (Å²) in [5.41, 5.74) is 1.76. The highest BCUT2D eigenvalue weighted by molar-refractivity contribution is 5.77. The second-order valence-electron chi connectivity index (χ2n) is 3.18. The molecule has 0 radical (unpaired) electrons. The van der Waals surface area contributed by atoms with Crippen molar-refractivity contribution in [2.75, 3.05) is 13.2 Å². The molecule has 0 aliphatic rings. The van der Waals surface area contributed by atoms with Gasteiger partial charge in [-0.05, 0) is 6.92 Å². The van der Waals surface area contributed by atoms with Gasteiger partial charge in [-0.15, -0.1) is 0 Å². The molecule has 0 bridgehead atoms. The van der Waals surface area contributed by atoms with Crippen LogP contribution in [0.25, 0.3) is 0 Å². The molecule has 0 unspecified atom stereocenters. The molecule has 1 aromatic rings. The molecule has 0 saturated heterocycles. The highest BCUT2D eigenvalue weighted by Crippen LogP contribution is 2.00. The third kappa shape index (κ3) is 4.09. The number of aryl methyl sites for hydroxylation is 1. The van der Waals surface area contributed by atoms with Gasteiger partial charge in [0.25, 0.3) is 0 Å². The largest absolute Gasteiger partial charge is 0.480 e. The number of nitrogens with one attached hydrogen (secondary N) is 2. The van der Waals surface area contributed by atoms with E-state index in [2.05, 4.69) is 20.3 Å². The lowest BCUT2D eigenvalue weighted by atomic mass is 10.2. The van der Waals surface area contributed by atoms with Crippen molar-refractivity contribution >= 4 is 11.9 Å². The second kappa shape index (κ2) is 5.86. The zero-order chi connectivity index (χ0) is 12.0. The van der Waals surface area contributed by atoms with E-state index in [9.17, 15) is 9.59 Å². The Kier molecular flexibility index (Phi) is 4.46. The molecule has 7 heteroatoms. The third-order valence-corrected chi connectivity index (χ3v) is 1.87. The zero-order valence-corrected chi connectivity index (χ0v) is 8.82. The number of aliphatic carboxylic acids is 1. The summed E-state index contributed by atoms with van der Waals surface area (Å²) in [7, 11) is 0. The maximum absolute atomic E-state index is 11.2. The van der Waals surface area contributed by atoms with Gasteiger partial charge in [0.2, 0.25) is 5.91 Å². The van der Waals surface area contributed by atoms with Gasteiger partial charge in [0.1, 0.15) is 13.2 Å². The molecule has 0 aromatic carbocycles. The molecule has 0 atom stereocenters. The first-order valence-electron chi connectivity index (χ1n) is 4.64. The summed E-state index contributed by atoms with van der Waals surface area (Å²) in [6.07, 6.45) is 1.62. The summed E-state index contributed by atoms with van der Waals surface area (Å²) in [6.45, 7) is 1.45. The summed E-state index contributed by atoms with van der Waals surface area (Å²) >= 11 is 0. The molecule has 0 fully saturated rings. The van der Waals surface area contributed by atoms with Gasteiger partial charge in [-0.25, -0.2) is 4.79 Å². The van der Waals surface area contributed by atoms with E-state index in [1.165, 1.54) is 0 Å². The van der Waals surface area contributed by atoms with E-state index in [0.29, 0.717) is 6.54 Å². The standard InChI is InChI=1S/C9H13N3O4/c1-6-7(3-11-12-6)2-10-8(13)4-16-5-9(14)15/h3H,2,4-5H2,1H3,(H,10,13)(H,11,12)(H,14,15). The Morgan fingerprint density at radius 3 is 2.88 bits per heavy atom. The van der Waals surface area contributed by atoms with E-state index in [4.69, 9.17) is 5.11 Å². The Morgan fingerprint density at radius 2 is 2.31 bits per heavy atom. The van der Waals surface area contributed by atoms with Gasteiger partial charge in [-0.3, -0.25) is 9.89 Å². The molecule has 1 heterocycles. The predicted octanol–water partition coefficient (Wildman–Crippen LogP) is -0.564. The lowest BCUT2D eigenvalue weighted by Gasteiger charge is -2.04. The van der Waals surface area contributed by atoms with Crippen LogP contribution in [0.1, 0.15) is 11.3 Å². The smallest absolute Gasteiger partial charge is 0.329 e. The minimum atomic E-state index is -1.10. The molecular weight excluding hydrogens is 214 g/mol. The Bertz CT molecular complexity index is 375. The number of hydrogen-bond donors (Lipinski definition) is 3. The van der Waals surface area contributed by atoms with Crippen molar-refractivity contribution in [3.05, 3.63) is 17.5 Å². The molecule has 16 heavy (non-hydrogen) atoms. The molecule has 0 aliphatic heterocycles. The summed E-state index contributed by atoms with van der Waals surface area (Å²) in [5, 5.41) is 17.4. The third-order valence-electron chi connectivity index (χ3n) is 1.87. The van der Waals surface area contributed by atoms with Crippen molar-refractivity contribution in [1.29, 1.82) is 0 Å². The maximum Gasteiger partial charge on any atom is 0.329 e. The molecule has 7 nitrogen and oxygen atoms in total. The quantitative estimate of drug-likeness (QED) is 0.604. The molecule has 0 spiro atoms. The fourth-order valence-electron chi connectivity index (χ4n) is 1.03. The van der Waals surface area contributed by atoms with Gasteiger partial charge in [0.05, 0.1) is 6.20 Å². The van der Waals surface area contributed by atoms with Crippen LogP contribution in [0.4, 0.5) is 0 Å². The van der Waals surface area contributed by atoms with Crippen LogP contribution in [-0.2, 0) is 20.9 Å². The monoisotopic (exact) mass is 227 g/mol. The number of hydrogen-bond acceptors (Lipinski definition) is 4. The van der Waals surface area contributed by atoms with Gasteiger partial charge in [0.15, 0.2) is 0 Å². The number of carbonyl (C=O) groups excluding carboxylic acids is 1. The Balaban J connectivity index is 2.20. The molecule has 3 N–H and O–H groups in total. The number of aromatic nitrogens is 2. The van der Waals surface area contributed by atoms with Crippen LogP contribution in [0.2, 0.25) is 0 Å². The van der Waals surface area contributed by atoms with Crippen LogP contribution in [0.3, 0.4) is 0 Å². The van der Waals surface area contributed by atoms with E-state index < -0.39 is 12.6 Å². The van der Waals surface area contributed by atoms with Crippen LogP contribution >= 0.6 is 0 Å². The molecule has 0 saturated carbocycles. The number of aromatic amines is 1. The lowest BCUT2D eigenvalue weighted by Crippen LogP contribution is -2.28. The maximum atomic E-state index is 11.2. The Labute approximate surface area is 91.8 Å². The topological polar surface area (TPSA) is 104 Å². The minimum absolute atomic E-state index is 0.261. The number of carbonyl (C=O) groups is 2. The van der Waals surface area contributed by atoms with Crippen molar-refractivity contribution in [3.63, 3.8) is 0 Å². The van der Waals surface area contributed by atoms with E-state index in [1.54, 1.807) is 6.20 Å². The van der Waals surface area contributed by atoms with Gasteiger partial charge in [0, 0.05) is 17.8 Å². The average molecular weight is 227 g/mol. The number of H-pyrrole nitrogens is 1. The van der Waals surface area contributed by atoms with Crippen molar-refractivity contribution in [3.8, 4) is 0 Å². The van der Waals surface area contributed by atoms with Crippen LogP contribution in [0, 0.1) is 6.92 Å².